The van der Waals surface area contributed by atoms with E-state index in [0.717, 1.165) is 0 Å². The molecule has 1 aromatic carbocycles. The molecule has 14 heavy (non-hydrogen) atoms. The van der Waals surface area contributed by atoms with Crippen molar-refractivity contribution in [2.45, 2.75) is 6.61 Å². The Balaban J connectivity index is 2.02. The molecule has 0 bridgehead atoms. The van der Waals surface area contributed by atoms with Crippen LogP contribution in [0.5, 0.6) is 5.75 Å². The SMILES string of the molecule is Fc1ccccc1COc1cn[nH]c1. The smallest absolute Gasteiger partial charge is 0.157 e. The zero-order chi connectivity index (χ0) is 9.80. The molecule has 3 nitrogen and oxygen atoms in total. The fourth-order valence-corrected chi connectivity index (χ4v) is 1.09. The van der Waals surface area contributed by atoms with Crippen LogP contribution in [0.15, 0.2) is 36.7 Å². The molecule has 72 valence electrons. The highest BCUT2D eigenvalue weighted by molar-refractivity contribution is 5.18. The third-order valence-corrected chi connectivity index (χ3v) is 1.83. The molecule has 2 aromatic rings. The Labute approximate surface area is 80.5 Å². The lowest BCUT2D eigenvalue weighted by molar-refractivity contribution is 0.300. The summed E-state index contributed by atoms with van der Waals surface area (Å²) in [6, 6.07) is 6.53. The zero-order valence-corrected chi connectivity index (χ0v) is 7.40. The molecule has 2 rings (SSSR count). The summed E-state index contributed by atoms with van der Waals surface area (Å²) in [5.41, 5.74) is 0.536. The molecule has 1 heterocycles. The Morgan fingerprint density at radius 1 is 1.36 bits per heavy atom. The number of H-pyrrole nitrogens is 1. The highest BCUT2D eigenvalue weighted by atomic mass is 19.1. The van der Waals surface area contributed by atoms with Crippen LogP contribution in [-0.4, -0.2) is 10.2 Å². The number of ether oxygens (including phenoxy) is 1. The molecule has 0 fully saturated rings. The molecule has 0 spiro atoms. The van der Waals surface area contributed by atoms with E-state index in [-0.39, 0.29) is 12.4 Å². The highest BCUT2D eigenvalue weighted by Crippen LogP contribution is 2.11. The maximum Gasteiger partial charge on any atom is 0.157 e. The maximum absolute atomic E-state index is 13.1. The Hall–Kier alpha value is -1.84. The minimum Gasteiger partial charge on any atom is -0.486 e. The van der Waals surface area contributed by atoms with Crippen molar-refractivity contribution in [2.24, 2.45) is 0 Å². The summed E-state index contributed by atoms with van der Waals surface area (Å²) in [4.78, 5) is 0. The van der Waals surface area contributed by atoms with Gasteiger partial charge in [-0.1, -0.05) is 18.2 Å². The van der Waals surface area contributed by atoms with Gasteiger partial charge in [0, 0.05) is 5.56 Å². The van der Waals surface area contributed by atoms with Crippen LogP contribution in [0.4, 0.5) is 4.39 Å². The first-order valence-corrected chi connectivity index (χ1v) is 4.21. The first-order valence-electron chi connectivity index (χ1n) is 4.21. The molecule has 0 atom stereocenters. The van der Waals surface area contributed by atoms with Gasteiger partial charge in [-0.15, -0.1) is 0 Å². The second kappa shape index (κ2) is 3.91. The summed E-state index contributed by atoms with van der Waals surface area (Å²) in [6.07, 6.45) is 3.15. The van der Waals surface area contributed by atoms with Gasteiger partial charge in [-0.2, -0.15) is 5.10 Å². The van der Waals surface area contributed by atoms with E-state index in [4.69, 9.17) is 4.74 Å². The van der Waals surface area contributed by atoms with Gasteiger partial charge in [-0.3, -0.25) is 5.10 Å². The van der Waals surface area contributed by atoms with Crippen LogP contribution in [0.3, 0.4) is 0 Å². The second-order valence-electron chi connectivity index (χ2n) is 2.81. The summed E-state index contributed by atoms with van der Waals surface area (Å²) >= 11 is 0. The molecular weight excluding hydrogens is 183 g/mol. The minimum atomic E-state index is -0.254. The van der Waals surface area contributed by atoms with Gasteiger partial charge in [0.1, 0.15) is 12.4 Å². The second-order valence-corrected chi connectivity index (χ2v) is 2.81. The Morgan fingerprint density at radius 3 is 2.93 bits per heavy atom. The number of aromatic nitrogens is 2. The summed E-state index contributed by atoms with van der Waals surface area (Å²) in [6.45, 7) is 0.214. The van der Waals surface area contributed by atoms with Crippen LogP contribution in [0.1, 0.15) is 5.56 Å². The van der Waals surface area contributed by atoms with Crippen LogP contribution in [-0.2, 0) is 6.61 Å². The van der Waals surface area contributed by atoms with Gasteiger partial charge in [-0.25, -0.2) is 4.39 Å². The third kappa shape index (κ3) is 1.90. The van der Waals surface area contributed by atoms with E-state index in [1.54, 1.807) is 30.6 Å². The highest BCUT2D eigenvalue weighted by Gasteiger charge is 2.01. The molecule has 0 unspecified atom stereocenters. The molecule has 0 amide bonds. The van der Waals surface area contributed by atoms with Crippen molar-refractivity contribution in [3.8, 4) is 5.75 Å². The Kier molecular flexibility index (Phi) is 2.44. The van der Waals surface area contributed by atoms with Crippen LogP contribution in [0, 0.1) is 5.82 Å². The number of hydrogen-bond acceptors (Lipinski definition) is 2. The molecule has 0 radical (unpaired) electrons. The van der Waals surface area contributed by atoms with Gasteiger partial charge in [0.2, 0.25) is 0 Å². The average molecular weight is 192 g/mol. The van der Waals surface area contributed by atoms with E-state index in [2.05, 4.69) is 10.2 Å². The maximum atomic E-state index is 13.1. The number of benzene rings is 1. The molecule has 1 aromatic heterocycles. The predicted octanol–water partition coefficient (Wildman–Crippen LogP) is 2.13. The fourth-order valence-electron chi connectivity index (χ4n) is 1.09. The molecule has 1 N–H and O–H groups in total. The summed E-state index contributed by atoms with van der Waals surface area (Å²) in [5, 5.41) is 6.33. The minimum absolute atomic E-state index is 0.214. The zero-order valence-electron chi connectivity index (χ0n) is 7.40. The first kappa shape index (κ1) is 8.74. The molecule has 0 aliphatic rings. The van der Waals surface area contributed by atoms with Gasteiger partial charge in [-0.05, 0) is 6.07 Å². The van der Waals surface area contributed by atoms with Gasteiger partial charge in [0.15, 0.2) is 5.75 Å². The lowest BCUT2D eigenvalue weighted by Crippen LogP contribution is -1.97. The number of rotatable bonds is 3. The summed E-state index contributed by atoms with van der Waals surface area (Å²) in [5.74, 6) is 0.351. The lowest BCUT2D eigenvalue weighted by Gasteiger charge is -2.03. The monoisotopic (exact) mass is 192 g/mol. The van der Waals surface area contributed by atoms with Crippen molar-refractivity contribution in [3.05, 3.63) is 48.0 Å². The first-order chi connectivity index (χ1) is 6.86. The summed E-state index contributed by atoms with van der Waals surface area (Å²) < 4.78 is 18.4. The van der Waals surface area contributed by atoms with E-state index in [9.17, 15) is 4.39 Å². The van der Waals surface area contributed by atoms with Crippen molar-refractivity contribution in [1.29, 1.82) is 0 Å². The van der Waals surface area contributed by atoms with Crippen molar-refractivity contribution < 1.29 is 9.13 Å². The van der Waals surface area contributed by atoms with E-state index in [1.165, 1.54) is 6.07 Å². The fraction of sp³-hybridized carbons (Fsp3) is 0.100. The molecule has 0 aliphatic heterocycles. The van der Waals surface area contributed by atoms with E-state index in [0.29, 0.717) is 11.3 Å². The van der Waals surface area contributed by atoms with Crippen LogP contribution in [0.2, 0.25) is 0 Å². The van der Waals surface area contributed by atoms with Gasteiger partial charge in [0.25, 0.3) is 0 Å². The number of hydrogen-bond donors (Lipinski definition) is 1. The van der Waals surface area contributed by atoms with Crippen LogP contribution < -0.4 is 4.74 Å². The van der Waals surface area contributed by atoms with Crippen molar-refractivity contribution >= 4 is 0 Å². The number of aromatic amines is 1. The van der Waals surface area contributed by atoms with E-state index >= 15 is 0 Å². The topological polar surface area (TPSA) is 37.9 Å². The quantitative estimate of drug-likeness (QED) is 0.808. The van der Waals surface area contributed by atoms with Gasteiger partial charge in [0.05, 0.1) is 12.4 Å². The molecule has 4 heteroatoms. The molecule has 0 saturated carbocycles. The average Bonchev–Trinajstić information content (AvgIpc) is 2.69. The van der Waals surface area contributed by atoms with Crippen LogP contribution in [0.25, 0.3) is 0 Å². The largest absolute Gasteiger partial charge is 0.486 e. The molecule has 0 saturated heterocycles. The normalized spacial score (nSPS) is 10.1. The van der Waals surface area contributed by atoms with Gasteiger partial charge >= 0.3 is 0 Å². The van der Waals surface area contributed by atoms with Crippen molar-refractivity contribution in [1.82, 2.24) is 10.2 Å². The lowest BCUT2D eigenvalue weighted by atomic mass is 10.2. The molecule has 0 aliphatic carbocycles. The number of nitrogens with one attached hydrogen (secondary N) is 1. The van der Waals surface area contributed by atoms with E-state index < -0.39 is 0 Å². The van der Waals surface area contributed by atoms with Crippen molar-refractivity contribution in [3.63, 3.8) is 0 Å². The standard InChI is InChI=1S/C10H9FN2O/c11-10-4-2-1-3-8(10)7-14-9-5-12-13-6-9/h1-6H,7H2,(H,12,13). The van der Waals surface area contributed by atoms with Crippen LogP contribution >= 0.6 is 0 Å². The van der Waals surface area contributed by atoms with Gasteiger partial charge < -0.3 is 4.74 Å². The summed E-state index contributed by atoms with van der Waals surface area (Å²) in [7, 11) is 0. The number of halogens is 1. The van der Waals surface area contributed by atoms with E-state index in [1.807, 2.05) is 0 Å². The third-order valence-electron chi connectivity index (χ3n) is 1.83. The Bertz CT molecular complexity index is 400. The molecular formula is C10H9FN2O. The number of nitrogens with zero attached hydrogens (tertiary/aromatic N) is 1. The van der Waals surface area contributed by atoms with Crippen molar-refractivity contribution in [2.75, 3.05) is 0 Å². The Morgan fingerprint density at radius 2 is 2.21 bits per heavy atom. The predicted molar refractivity (Wildman–Crippen MR) is 49.3 cm³/mol.